The summed E-state index contributed by atoms with van der Waals surface area (Å²) >= 11 is 0. The second-order valence-corrected chi connectivity index (χ2v) is 6.35. The van der Waals surface area contributed by atoms with Gasteiger partial charge in [0.25, 0.3) is 11.8 Å². The Morgan fingerprint density at radius 3 is 2.68 bits per heavy atom. The van der Waals surface area contributed by atoms with Crippen molar-refractivity contribution < 1.29 is 28.3 Å². The summed E-state index contributed by atoms with van der Waals surface area (Å²) in [6, 6.07) is 9.94. The topological polar surface area (TPSA) is 98.1 Å². The van der Waals surface area contributed by atoms with Gasteiger partial charge in [0.15, 0.2) is 12.4 Å². The highest BCUT2D eigenvalue weighted by molar-refractivity contribution is 5.95. The molecule has 28 heavy (non-hydrogen) atoms. The smallest absolute Gasteiger partial charge is 0.329 e. The van der Waals surface area contributed by atoms with Gasteiger partial charge < -0.3 is 24.1 Å². The molecule has 1 aromatic carbocycles. The maximum Gasteiger partial charge on any atom is 0.329 e. The van der Waals surface area contributed by atoms with Gasteiger partial charge in [-0.25, -0.2) is 4.79 Å². The molecule has 3 rings (SSSR count). The first kappa shape index (κ1) is 19.6. The van der Waals surface area contributed by atoms with E-state index in [0.717, 1.165) is 11.1 Å². The van der Waals surface area contributed by atoms with Crippen molar-refractivity contribution in [1.29, 1.82) is 0 Å². The standard InChI is InChI=1S/C20H22N2O6/c1-26-10-8-21-18(23)13-28-20(25)16-11-14-5-2-3-6-15(14)12-22(16)19(24)17-7-4-9-27-17/h2-7,9,16H,8,10-13H2,1H3,(H,21,23)/t16-/m0/s1. The fourth-order valence-electron chi connectivity index (χ4n) is 3.07. The fourth-order valence-corrected chi connectivity index (χ4v) is 3.07. The van der Waals surface area contributed by atoms with Crippen molar-refractivity contribution in [2.45, 2.75) is 19.0 Å². The molecule has 2 aromatic rings. The van der Waals surface area contributed by atoms with Gasteiger partial charge in [-0.05, 0) is 23.3 Å². The average Bonchev–Trinajstić information content (AvgIpc) is 3.25. The van der Waals surface area contributed by atoms with Crippen molar-refractivity contribution in [1.82, 2.24) is 10.2 Å². The molecule has 2 heterocycles. The summed E-state index contributed by atoms with van der Waals surface area (Å²) in [6.07, 6.45) is 1.72. The Bertz CT molecular complexity index is 833. The zero-order valence-corrected chi connectivity index (χ0v) is 15.6. The van der Waals surface area contributed by atoms with Crippen LogP contribution in [0.5, 0.6) is 0 Å². The van der Waals surface area contributed by atoms with Crippen molar-refractivity contribution in [3.8, 4) is 0 Å². The van der Waals surface area contributed by atoms with Gasteiger partial charge in [-0.3, -0.25) is 9.59 Å². The van der Waals surface area contributed by atoms with Gasteiger partial charge in [-0.1, -0.05) is 24.3 Å². The second-order valence-electron chi connectivity index (χ2n) is 6.35. The zero-order valence-electron chi connectivity index (χ0n) is 15.6. The second kappa shape index (κ2) is 9.18. The SMILES string of the molecule is COCCNC(=O)COC(=O)[C@@H]1Cc2ccccc2CN1C(=O)c1ccco1. The molecule has 0 saturated heterocycles. The number of esters is 1. The highest BCUT2D eigenvalue weighted by Gasteiger charge is 2.37. The third-order valence-corrected chi connectivity index (χ3v) is 4.49. The lowest BCUT2D eigenvalue weighted by Crippen LogP contribution is -2.49. The van der Waals surface area contributed by atoms with E-state index < -0.39 is 30.4 Å². The minimum atomic E-state index is -0.834. The first-order chi connectivity index (χ1) is 13.6. The van der Waals surface area contributed by atoms with Crippen LogP contribution in [0, 0.1) is 0 Å². The fraction of sp³-hybridized carbons (Fsp3) is 0.350. The van der Waals surface area contributed by atoms with Crippen LogP contribution in [0.15, 0.2) is 47.1 Å². The molecule has 0 bridgehead atoms. The van der Waals surface area contributed by atoms with Gasteiger partial charge >= 0.3 is 5.97 Å². The van der Waals surface area contributed by atoms with Gasteiger partial charge in [-0.15, -0.1) is 0 Å². The monoisotopic (exact) mass is 386 g/mol. The van der Waals surface area contributed by atoms with Gasteiger partial charge in [0, 0.05) is 26.6 Å². The number of methoxy groups -OCH3 is 1. The number of nitrogens with zero attached hydrogens (tertiary/aromatic N) is 1. The summed E-state index contributed by atoms with van der Waals surface area (Å²) in [4.78, 5) is 38.7. The van der Waals surface area contributed by atoms with Crippen molar-refractivity contribution in [2.24, 2.45) is 0 Å². The predicted molar refractivity (Wildman–Crippen MR) is 98.4 cm³/mol. The lowest BCUT2D eigenvalue weighted by molar-refractivity contribution is -0.153. The summed E-state index contributed by atoms with van der Waals surface area (Å²) < 4.78 is 15.2. The molecule has 1 atom stereocenters. The molecule has 148 valence electrons. The summed E-state index contributed by atoms with van der Waals surface area (Å²) in [7, 11) is 1.53. The van der Waals surface area contributed by atoms with Gasteiger partial charge in [0.05, 0.1) is 12.9 Å². The molecule has 1 aliphatic heterocycles. The Morgan fingerprint density at radius 2 is 1.96 bits per heavy atom. The Labute approximate surface area is 162 Å². The normalized spacial score (nSPS) is 15.6. The molecule has 0 aliphatic carbocycles. The highest BCUT2D eigenvalue weighted by atomic mass is 16.5. The van der Waals surface area contributed by atoms with Crippen LogP contribution in [0.25, 0.3) is 0 Å². The van der Waals surface area contributed by atoms with E-state index in [9.17, 15) is 14.4 Å². The molecule has 8 heteroatoms. The maximum atomic E-state index is 12.8. The van der Waals surface area contributed by atoms with E-state index in [4.69, 9.17) is 13.9 Å². The lowest BCUT2D eigenvalue weighted by atomic mass is 9.93. The minimum absolute atomic E-state index is 0.148. The van der Waals surface area contributed by atoms with Crippen molar-refractivity contribution in [3.05, 3.63) is 59.5 Å². The average molecular weight is 386 g/mol. The number of benzene rings is 1. The molecule has 0 unspecified atom stereocenters. The van der Waals surface area contributed by atoms with E-state index in [1.165, 1.54) is 18.3 Å². The molecule has 0 fully saturated rings. The minimum Gasteiger partial charge on any atom is -0.459 e. The third-order valence-electron chi connectivity index (χ3n) is 4.49. The van der Waals surface area contributed by atoms with Crippen LogP contribution in [0.2, 0.25) is 0 Å². The molecule has 0 spiro atoms. The highest BCUT2D eigenvalue weighted by Crippen LogP contribution is 2.26. The molecule has 1 N–H and O–H groups in total. The molecule has 8 nitrogen and oxygen atoms in total. The van der Waals surface area contributed by atoms with Crippen molar-refractivity contribution in [2.75, 3.05) is 26.9 Å². The Hall–Kier alpha value is -3.13. The van der Waals surface area contributed by atoms with Crippen LogP contribution in [0.1, 0.15) is 21.7 Å². The van der Waals surface area contributed by atoms with Crippen molar-refractivity contribution >= 4 is 17.8 Å². The summed E-state index contributed by atoms with van der Waals surface area (Å²) in [6.45, 7) is 0.538. The van der Waals surface area contributed by atoms with E-state index in [1.807, 2.05) is 24.3 Å². The molecule has 0 radical (unpaired) electrons. The number of ether oxygens (including phenoxy) is 2. The van der Waals surface area contributed by atoms with Gasteiger partial charge in [0.2, 0.25) is 0 Å². The number of amides is 2. The van der Waals surface area contributed by atoms with Crippen LogP contribution in [-0.2, 0) is 32.0 Å². The third kappa shape index (κ3) is 4.58. The predicted octanol–water partition coefficient (Wildman–Crippen LogP) is 1.15. The first-order valence-electron chi connectivity index (χ1n) is 8.93. The number of carbonyl (C=O) groups is 3. The number of furan rings is 1. The largest absolute Gasteiger partial charge is 0.459 e. The molecular weight excluding hydrogens is 364 g/mol. The number of carbonyl (C=O) groups excluding carboxylic acids is 3. The van der Waals surface area contributed by atoms with Crippen LogP contribution < -0.4 is 5.32 Å². The zero-order chi connectivity index (χ0) is 19.9. The molecular formula is C20H22N2O6. The summed E-state index contributed by atoms with van der Waals surface area (Å²) in [5, 5.41) is 2.58. The van der Waals surface area contributed by atoms with Crippen LogP contribution >= 0.6 is 0 Å². The summed E-state index contributed by atoms with van der Waals surface area (Å²) in [5.74, 6) is -1.30. The molecule has 1 aromatic heterocycles. The lowest BCUT2D eigenvalue weighted by Gasteiger charge is -2.34. The number of fused-ring (bicyclic) bond motifs is 1. The molecule has 0 saturated carbocycles. The molecule has 1 aliphatic rings. The van der Waals surface area contributed by atoms with E-state index in [0.29, 0.717) is 19.6 Å². The first-order valence-corrected chi connectivity index (χ1v) is 8.93. The van der Waals surface area contributed by atoms with Crippen LogP contribution in [-0.4, -0.2) is 55.6 Å². The number of rotatable bonds is 7. The maximum absolute atomic E-state index is 12.8. The number of hydrogen-bond acceptors (Lipinski definition) is 6. The Morgan fingerprint density at radius 1 is 1.18 bits per heavy atom. The quantitative estimate of drug-likeness (QED) is 0.566. The van der Waals surface area contributed by atoms with Gasteiger partial charge in [-0.2, -0.15) is 0 Å². The van der Waals surface area contributed by atoms with E-state index in [1.54, 1.807) is 12.1 Å². The van der Waals surface area contributed by atoms with E-state index in [2.05, 4.69) is 5.32 Å². The van der Waals surface area contributed by atoms with Crippen LogP contribution in [0.4, 0.5) is 0 Å². The molecule has 2 amide bonds. The van der Waals surface area contributed by atoms with E-state index in [-0.39, 0.29) is 12.3 Å². The number of nitrogens with one attached hydrogen (secondary N) is 1. The van der Waals surface area contributed by atoms with Crippen LogP contribution in [0.3, 0.4) is 0 Å². The van der Waals surface area contributed by atoms with Gasteiger partial charge in [0.1, 0.15) is 6.04 Å². The Kier molecular flexibility index (Phi) is 6.44. The number of hydrogen-bond donors (Lipinski definition) is 1. The van der Waals surface area contributed by atoms with E-state index >= 15 is 0 Å². The summed E-state index contributed by atoms with van der Waals surface area (Å²) in [5.41, 5.74) is 1.93. The Balaban J connectivity index is 1.71. The van der Waals surface area contributed by atoms with Crippen molar-refractivity contribution in [3.63, 3.8) is 0 Å².